The molecule has 0 unspecified atom stereocenters. The Kier molecular flexibility index (Phi) is 3.43. The van der Waals surface area contributed by atoms with E-state index < -0.39 is 11.7 Å². The molecular weight excluding hydrogens is 266 g/mol. The predicted molar refractivity (Wildman–Crippen MR) is 70.3 cm³/mol. The summed E-state index contributed by atoms with van der Waals surface area (Å²) in [5.74, 6) is -1.34. The number of carbonyl (C=O) groups is 2. The molecule has 2 aromatic rings. The van der Waals surface area contributed by atoms with Crippen LogP contribution in [0.3, 0.4) is 0 Å². The minimum absolute atomic E-state index is 0.315. The van der Waals surface area contributed by atoms with Crippen molar-refractivity contribution in [2.45, 2.75) is 20.8 Å². The van der Waals surface area contributed by atoms with Crippen molar-refractivity contribution >= 4 is 28.2 Å². The lowest BCUT2D eigenvalue weighted by Gasteiger charge is -2.01. The number of amides is 1. The molecule has 0 aliphatic rings. The van der Waals surface area contributed by atoms with Crippen molar-refractivity contribution in [1.82, 2.24) is 20.0 Å². The van der Waals surface area contributed by atoms with Gasteiger partial charge in [0.2, 0.25) is 5.13 Å². The molecule has 0 bridgehead atoms. The van der Waals surface area contributed by atoms with E-state index in [4.69, 9.17) is 0 Å². The van der Waals surface area contributed by atoms with Crippen LogP contribution < -0.4 is 5.32 Å². The Morgan fingerprint density at radius 1 is 1.21 bits per heavy atom. The number of carbonyl (C=O) groups excluding carboxylic acids is 2. The summed E-state index contributed by atoms with van der Waals surface area (Å²) >= 11 is 1.22. The van der Waals surface area contributed by atoms with Crippen LogP contribution in [0.1, 0.15) is 26.8 Å². The first-order valence-electron chi connectivity index (χ1n) is 5.56. The zero-order valence-corrected chi connectivity index (χ0v) is 11.8. The van der Waals surface area contributed by atoms with Crippen LogP contribution in [0.5, 0.6) is 0 Å². The average molecular weight is 279 g/mol. The summed E-state index contributed by atoms with van der Waals surface area (Å²) in [7, 11) is 1.73. The quantitative estimate of drug-likeness (QED) is 0.669. The third-order valence-corrected chi connectivity index (χ3v) is 3.44. The summed E-state index contributed by atoms with van der Waals surface area (Å²) < 4.78 is 1.57. The van der Waals surface area contributed by atoms with Crippen LogP contribution in [0.25, 0.3) is 0 Å². The van der Waals surface area contributed by atoms with Crippen LogP contribution in [0.4, 0.5) is 5.13 Å². The van der Waals surface area contributed by atoms with E-state index >= 15 is 0 Å². The second-order valence-electron chi connectivity index (χ2n) is 4.08. The molecule has 0 aromatic carbocycles. The van der Waals surface area contributed by atoms with Gasteiger partial charge in [0.05, 0.1) is 11.3 Å². The number of hydrogen-bond donors (Lipinski definition) is 1. The van der Waals surface area contributed by atoms with Gasteiger partial charge in [-0.1, -0.05) is 11.3 Å². The lowest BCUT2D eigenvalue weighted by molar-refractivity contribution is -0.112. The van der Waals surface area contributed by atoms with Crippen molar-refractivity contribution in [3.63, 3.8) is 0 Å². The monoisotopic (exact) mass is 279 g/mol. The molecule has 100 valence electrons. The second kappa shape index (κ2) is 4.88. The number of Topliss-reactive ketones (excluding diaryl/α,β-unsaturated/α-hetero) is 1. The molecule has 2 rings (SSSR count). The third-order valence-electron chi connectivity index (χ3n) is 2.69. The number of aryl methyl sites for hydroxylation is 3. The Labute approximate surface area is 113 Å². The molecule has 2 heterocycles. The molecule has 1 amide bonds. The van der Waals surface area contributed by atoms with Crippen molar-refractivity contribution in [3.05, 3.63) is 22.0 Å². The number of rotatable bonds is 3. The van der Waals surface area contributed by atoms with E-state index in [0.29, 0.717) is 22.1 Å². The first-order chi connectivity index (χ1) is 8.90. The summed E-state index contributed by atoms with van der Waals surface area (Å²) in [6, 6.07) is 0. The van der Waals surface area contributed by atoms with Gasteiger partial charge in [-0.05, 0) is 20.8 Å². The van der Waals surface area contributed by atoms with Gasteiger partial charge in [0.25, 0.3) is 11.7 Å². The van der Waals surface area contributed by atoms with E-state index in [2.05, 4.69) is 20.6 Å². The maximum absolute atomic E-state index is 12.1. The first kappa shape index (κ1) is 13.3. The van der Waals surface area contributed by atoms with Crippen LogP contribution in [-0.2, 0) is 11.8 Å². The maximum atomic E-state index is 12.1. The van der Waals surface area contributed by atoms with E-state index in [1.165, 1.54) is 11.3 Å². The Balaban J connectivity index is 2.22. The fraction of sp³-hybridized carbons (Fsp3) is 0.364. The minimum Gasteiger partial charge on any atom is -0.294 e. The summed E-state index contributed by atoms with van der Waals surface area (Å²) in [5.41, 5.74) is 1.53. The SMILES string of the molecule is Cc1nnc(NC(=O)C(=O)c2c(C)nn(C)c2C)s1. The van der Waals surface area contributed by atoms with Crippen LogP contribution in [-0.4, -0.2) is 31.7 Å². The van der Waals surface area contributed by atoms with Crippen LogP contribution >= 0.6 is 11.3 Å². The molecule has 19 heavy (non-hydrogen) atoms. The summed E-state index contributed by atoms with van der Waals surface area (Å²) in [6.07, 6.45) is 0. The molecule has 0 aliphatic heterocycles. The van der Waals surface area contributed by atoms with Gasteiger partial charge in [-0.15, -0.1) is 10.2 Å². The van der Waals surface area contributed by atoms with Gasteiger partial charge in [-0.3, -0.25) is 19.6 Å². The van der Waals surface area contributed by atoms with Gasteiger partial charge in [-0.25, -0.2) is 0 Å². The number of ketones is 1. The van der Waals surface area contributed by atoms with Crippen LogP contribution in [0.2, 0.25) is 0 Å². The molecule has 0 spiro atoms. The summed E-state index contributed by atoms with van der Waals surface area (Å²) in [5, 5.41) is 15.1. The average Bonchev–Trinajstić information content (AvgIpc) is 2.84. The molecule has 0 radical (unpaired) electrons. The van der Waals surface area contributed by atoms with Gasteiger partial charge in [0.1, 0.15) is 5.01 Å². The predicted octanol–water partition coefficient (Wildman–Crippen LogP) is 1.02. The Hall–Kier alpha value is -2.09. The van der Waals surface area contributed by atoms with Gasteiger partial charge in [-0.2, -0.15) is 5.10 Å². The molecule has 1 N–H and O–H groups in total. The van der Waals surface area contributed by atoms with Gasteiger partial charge in [0, 0.05) is 12.7 Å². The standard InChI is InChI=1S/C11H13N5O2S/c1-5-8(6(2)16(4)15-5)9(17)10(18)12-11-14-13-7(3)19-11/h1-4H3,(H,12,14,18). The van der Waals surface area contributed by atoms with Crippen LogP contribution in [0, 0.1) is 20.8 Å². The highest BCUT2D eigenvalue weighted by Crippen LogP contribution is 2.16. The zero-order valence-electron chi connectivity index (χ0n) is 11.0. The third kappa shape index (κ3) is 2.53. The highest BCUT2D eigenvalue weighted by Gasteiger charge is 2.24. The number of aromatic nitrogens is 4. The fourth-order valence-electron chi connectivity index (χ4n) is 1.72. The number of nitrogens with one attached hydrogen (secondary N) is 1. The number of nitrogens with zero attached hydrogens (tertiary/aromatic N) is 4. The summed E-state index contributed by atoms with van der Waals surface area (Å²) in [6.45, 7) is 5.21. The normalized spacial score (nSPS) is 10.5. The van der Waals surface area contributed by atoms with Crippen molar-refractivity contribution < 1.29 is 9.59 Å². The minimum atomic E-state index is -0.727. The molecule has 7 nitrogen and oxygen atoms in total. The summed E-state index contributed by atoms with van der Waals surface area (Å²) in [4.78, 5) is 24.0. The molecule has 0 atom stereocenters. The van der Waals surface area contributed by atoms with Crippen molar-refractivity contribution in [3.8, 4) is 0 Å². The Bertz CT molecular complexity index is 658. The maximum Gasteiger partial charge on any atom is 0.298 e. The van der Waals surface area contributed by atoms with E-state index in [1.54, 1.807) is 32.5 Å². The molecule has 0 saturated carbocycles. The van der Waals surface area contributed by atoms with Crippen molar-refractivity contribution in [2.75, 3.05) is 5.32 Å². The largest absolute Gasteiger partial charge is 0.298 e. The number of anilines is 1. The van der Waals surface area contributed by atoms with Crippen molar-refractivity contribution in [2.24, 2.45) is 7.05 Å². The van der Waals surface area contributed by atoms with E-state index in [9.17, 15) is 9.59 Å². The molecule has 2 aromatic heterocycles. The van der Waals surface area contributed by atoms with E-state index in [-0.39, 0.29) is 0 Å². The molecule has 0 aliphatic carbocycles. The fourth-order valence-corrected chi connectivity index (χ4v) is 2.30. The lowest BCUT2D eigenvalue weighted by atomic mass is 10.1. The van der Waals surface area contributed by atoms with Gasteiger partial charge < -0.3 is 0 Å². The van der Waals surface area contributed by atoms with Gasteiger partial charge in [0.15, 0.2) is 0 Å². The van der Waals surface area contributed by atoms with Crippen LogP contribution in [0.15, 0.2) is 0 Å². The molecule has 0 saturated heterocycles. The first-order valence-corrected chi connectivity index (χ1v) is 6.37. The van der Waals surface area contributed by atoms with Gasteiger partial charge >= 0.3 is 0 Å². The zero-order chi connectivity index (χ0) is 14.2. The topological polar surface area (TPSA) is 89.8 Å². The van der Waals surface area contributed by atoms with E-state index in [1.807, 2.05) is 0 Å². The molecule has 8 heteroatoms. The lowest BCUT2D eigenvalue weighted by Crippen LogP contribution is -2.24. The highest BCUT2D eigenvalue weighted by molar-refractivity contribution is 7.15. The number of hydrogen-bond acceptors (Lipinski definition) is 6. The Morgan fingerprint density at radius 2 is 1.89 bits per heavy atom. The second-order valence-corrected chi connectivity index (χ2v) is 5.26. The van der Waals surface area contributed by atoms with Crippen molar-refractivity contribution in [1.29, 1.82) is 0 Å². The smallest absolute Gasteiger partial charge is 0.294 e. The Morgan fingerprint density at radius 3 is 2.37 bits per heavy atom. The van der Waals surface area contributed by atoms with E-state index in [0.717, 1.165) is 5.01 Å². The highest BCUT2D eigenvalue weighted by atomic mass is 32.1. The molecule has 0 fully saturated rings. The molecular formula is C11H13N5O2S.